The fourth-order valence-electron chi connectivity index (χ4n) is 7.10. The zero-order chi connectivity index (χ0) is 48.3. The molecule has 2 fully saturated rings. The van der Waals surface area contributed by atoms with Crippen molar-refractivity contribution in [2.45, 2.75) is 120 Å². The van der Waals surface area contributed by atoms with E-state index in [9.17, 15) is 45.3 Å². The minimum absolute atomic E-state index is 0. The van der Waals surface area contributed by atoms with Crippen LogP contribution in [0.25, 0.3) is 6.08 Å². The van der Waals surface area contributed by atoms with Gasteiger partial charge in [-0.2, -0.15) is 0 Å². The lowest BCUT2D eigenvalue weighted by Crippen LogP contribution is -2.65. The maximum Gasteiger partial charge on any atom is 0.243 e. The fraction of sp³-hybridized carbons (Fsp3) is 0.556. The highest BCUT2D eigenvalue weighted by molar-refractivity contribution is 5.92. The number of aliphatic imine (C=N–C) groups is 2. The van der Waals surface area contributed by atoms with Crippen molar-refractivity contribution < 1.29 is 69.0 Å². The second kappa shape index (κ2) is 28.1. The molecule has 2 aromatic carbocycles. The molecule has 2 aromatic rings. The molecule has 0 spiro atoms. The molecule has 3 heterocycles. The first-order valence-corrected chi connectivity index (χ1v) is 21.7. The summed E-state index contributed by atoms with van der Waals surface area (Å²) in [7, 11) is 0. The van der Waals surface area contributed by atoms with E-state index in [2.05, 4.69) is 20.6 Å². The summed E-state index contributed by atoms with van der Waals surface area (Å²) in [5.74, 6) is -0.779. The number of nitrogens with two attached hydrogens (primary N) is 4. The fourth-order valence-corrected chi connectivity index (χ4v) is 7.10. The Kier molecular flexibility index (Phi) is 23.4. The molecule has 5 rings (SSSR count). The molecule has 17 N–H and O–H groups in total. The number of aliphatic hydroxyl groups excluding tert-OH is 7. The van der Waals surface area contributed by atoms with Gasteiger partial charge in [-0.3, -0.25) is 19.6 Å². The number of carbonyl (C=O) groups is 2. The molecule has 22 heteroatoms. The van der Waals surface area contributed by atoms with E-state index in [-0.39, 0.29) is 36.9 Å². The van der Waals surface area contributed by atoms with E-state index >= 15 is 0 Å². The highest BCUT2D eigenvalue weighted by atomic mass is 16.7. The normalized spacial score (nSPS) is 27.7. The first-order valence-electron chi connectivity index (χ1n) is 21.7. The van der Waals surface area contributed by atoms with Gasteiger partial charge in [-0.15, -0.1) is 0 Å². The Morgan fingerprint density at radius 1 is 0.731 bits per heavy atom. The van der Waals surface area contributed by atoms with Gasteiger partial charge in [-0.05, 0) is 81.0 Å². The van der Waals surface area contributed by atoms with Gasteiger partial charge in [0.25, 0.3) is 0 Å². The molecule has 2 saturated heterocycles. The van der Waals surface area contributed by atoms with Crippen LogP contribution in [0.4, 0.5) is 0 Å². The first-order chi connectivity index (χ1) is 31.6. The Hall–Kier alpha value is -5.40. The predicted molar refractivity (Wildman–Crippen MR) is 248 cm³/mol. The van der Waals surface area contributed by atoms with Gasteiger partial charge in [-0.25, -0.2) is 0 Å². The van der Waals surface area contributed by atoms with E-state index in [0.717, 1.165) is 0 Å². The van der Waals surface area contributed by atoms with Crippen molar-refractivity contribution >= 4 is 29.8 Å². The molecule has 0 saturated carbocycles. The van der Waals surface area contributed by atoms with Crippen LogP contribution in [-0.2, 0) is 23.8 Å². The van der Waals surface area contributed by atoms with E-state index in [0.29, 0.717) is 74.3 Å². The van der Waals surface area contributed by atoms with Crippen molar-refractivity contribution in [2.75, 3.05) is 39.4 Å². The van der Waals surface area contributed by atoms with Gasteiger partial charge in [-0.1, -0.05) is 37.8 Å². The Morgan fingerprint density at radius 2 is 1.31 bits per heavy atom. The number of aliphatic hydroxyl groups is 7. The molecule has 0 radical (unpaired) electrons. The van der Waals surface area contributed by atoms with Gasteiger partial charge in [0.2, 0.25) is 18.1 Å². The third-order valence-corrected chi connectivity index (χ3v) is 10.7. The molecule has 3 aliphatic rings. The largest absolute Gasteiger partial charge is 0.484 e. The maximum atomic E-state index is 13.9. The molecule has 0 aromatic heterocycles. The Morgan fingerprint density at radius 3 is 1.90 bits per heavy atom. The number of hydrogen-bond acceptors (Lipinski definition) is 16. The summed E-state index contributed by atoms with van der Waals surface area (Å²) < 4.78 is 29.0. The molecule has 22 nitrogen and oxygen atoms in total. The minimum atomic E-state index is -1.81. The van der Waals surface area contributed by atoms with Crippen LogP contribution >= 0.6 is 0 Å². The number of benzene rings is 2. The summed E-state index contributed by atoms with van der Waals surface area (Å²) in [6.07, 6.45) is -7.23. The van der Waals surface area contributed by atoms with Gasteiger partial charge in [0, 0.05) is 37.8 Å². The number of ether oxygens (including phenoxy) is 5. The zero-order valence-electron chi connectivity index (χ0n) is 37.0. The topological polar surface area (TPSA) is 375 Å². The van der Waals surface area contributed by atoms with Crippen LogP contribution in [0.2, 0.25) is 0 Å². The van der Waals surface area contributed by atoms with E-state index in [1.54, 1.807) is 48.5 Å². The van der Waals surface area contributed by atoms with Crippen LogP contribution in [0.5, 0.6) is 11.5 Å². The number of nitrogens with one attached hydrogen (secondary N) is 2. The van der Waals surface area contributed by atoms with Crippen molar-refractivity contribution in [3.8, 4) is 11.5 Å². The van der Waals surface area contributed by atoms with Crippen molar-refractivity contribution in [3.63, 3.8) is 0 Å². The zero-order valence-corrected chi connectivity index (χ0v) is 37.0. The van der Waals surface area contributed by atoms with Crippen molar-refractivity contribution in [2.24, 2.45) is 32.9 Å². The summed E-state index contributed by atoms with van der Waals surface area (Å²) in [6.45, 7) is 4.18. The number of amides is 2. The molecule has 2 amide bonds. The molecule has 12 atom stereocenters. The molecular weight excluding hydrogens is 877 g/mol. The second-order valence-corrected chi connectivity index (χ2v) is 15.6. The molecular formula is C45H70N8O14. The number of hydrogen-bond donors (Lipinski definition) is 13. The van der Waals surface area contributed by atoms with Gasteiger partial charge in [0.1, 0.15) is 72.4 Å². The van der Waals surface area contributed by atoms with Crippen LogP contribution in [0.3, 0.4) is 0 Å². The molecule has 12 unspecified atom stereocenters. The average molecular weight is 947 g/mol. The van der Waals surface area contributed by atoms with Crippen molar-refractivity contribution in [3.05, 3.63) is 77.4 Å². The molecule has 0 aliphatic carbocycles. The Balaban J connectivity index is 0.00000229. The molecule has 0 bridgehead atoms. The highest BCUT2D eigenvalue weighted by Gasteiger charge is 2.51. The molecule has 374 valence electrons. The third kappa shape index (κ3) is 16.1. The Bertz CT molecular complexity index is 1940. The second-order valence-electron chi connectivity index (χ2n) is 15.6. The van der Waals surface area contributed by atoms with Gasteiger partial charge >= 0.3 is 0 Å². The first kappa shape index (κ1) is 55.9. The van der Waals surface area contributed by atoms with E-state index in [1.165, 1.54) is 6.08 Å². The third-order valence-electron chi connectivity index (χ3n) is 10.7. The lowest BCUT2D eigenvalue weighted by atomic mass is 9.89. The standard InChI is InChI=1S/C40H58N8O14.C4H8.CH4/c41-39(42)47-15-3-1-13-45-27(51)12-6-20-5-11-24-23(17-20)28(36(57)46-14-2-4-16-48-40(43)44)34(59-24)21-7-9-22(10-8-21)58-37-33(56)31(54)35(26(19-50)61-37)62-38-32(55)30(53)29(52)25(18-49)60-38;1-3-4-2;/h5-12,17,25-26,28-35,37-38,49-50,52-56H,1-4,13-16,18-19H2,(H,45,51)(H,46,57)(H4,41,42,47)(H4,43,44,48);3-4H,1-2H3;1H4. The van der Waals surface area contributed by atoms with Crippen LogP contribution in [0.15, 0.2) is 70.7 Å². The van der Waals surface area contributed by atoms with Gasteiger partial charge in [0.15, 0.2) is 18.2 Å². The number of allylic oxidation sites excluding steroid dienone is 2. The summed E-state index contributed by atoms with van der Waals surface area (Å²) >= 11 is 0. The lowest BCUT2D eigenvalue weighted by Gasteiger charge is -2.45. The average Bonchev–Trinajstić information content (AvgIpc) is 3.69. The SMILES string of the molecule is C.CC=CC.NC(N)=NCCCCNC(=O)C=Cc1ccc2c(c1)C(C(=O)NCCCCN=C(N)N)C(c1ccc(OC3OC(CO)C(OC4OC(CO)C(O)C(O)C4O)C(O)C3O)cc1)O2. The monoisotopic (exact) mass is 947 g/mol. The number of guanidine groups is 2. The van der Waals surface area contributed by atoms with Gasteiger partial charge in [0.05, 0.1) is 13.2 Å². The predicted octanol–water partition coefficient (Wildman–Crippen LogP) is -1.52. The van der Waals surface area contributed by atoms with Crippen LogP contribution in [0.1, 0.15) is 75.7 Å². The summed E-state index contributed by atoms with van der Waals surface area (Å²) in [5.41, 5.74) is 23.3. The smallest absolute Gasteiger partial charge is 0.243 e. The van der Waals surface area contributed by atoms with E-state index in [1.807, 2.05) is 26.0 Å². The van der Waals surface area contributed by atoms with Crippen LogP contribution < -0.4 is 43.0 Å². The summed E-state index contributed by atoms with van der Waals surface area (Å²) in [6, 6.07) is 11.7. The van der Waals surface area contributed by atoms with Crippen molar-refractivity contribution in [1.82, 2.24) is 10.6 Å². The van der Waals surface area contributed by atoms with Crippen LogP contribution in [-0.4, -0.2) is 160 Å². The quantitative estimate of drug-likeness (QED) is 0.0236. The number of carbonyl (C=O) groups excluding carboxylic acids is 2. The summed E-state index contributed by atoms with van der Waals surface area (Å²) in [4.78, 5) is 34.3. The highest BCUT2D eigenvalue weighted by Crippen LogP contribution is 2.47. The van der Waals surface area contributed by atoms with Crippen molar-refractivity contribution in [1.29, 1.82) is 0 Å². The number of rotatable bonds is 20. The summed E-state index contributed by atoms with van der Waals surface area (Å²) in [5, 5.41) is 78.1. The van der Waals surface area contributed by atoms with E-state index < -0.39 is 86.6 Å². The lowest BCUT2D eigenvalue weighted by molar-refractivity contribution is -0.352. The maximum absolute atomic E-state index is 13.9. The van der Waals surface area contributed by atoms with Gasteiger partial charge < -0.3 is 93.0 Å². The number of nitrogens with zero attached hydrogens (tertiary/aromatic N) is 2. The van der Waals surface area contributed by atoms with E-state index in [4.69, 9.17) is 46.6 Å². The number of fused-ring (bicyclic) bond motifs is 1. The Labute approximate surface area is 390 Å². The molecule has 67 heavy (non-hydrogen) atoms. The molecule has 3 aliphatic heterocycles. The number of unbranched alkanes of at least 4 members (excludes halogenated alkanes) is 2. The van der Waals surface area contributed by atoms with Crippen LogP contribution in [0, 0.1) is 0 Å². The minimum Gasteiger partial charge on any atom is -0.484 e.